The van der Waals surface area contributed by atoms with Crippen molar-refractivity contribution in [2.24, 2.45) is 0 Å². The van der Waals surface area contributed by atoms with Crippen LogP contribution in [0.25, 0.3) is 11.0 Å². The van der Waals surface area contributed by atoms with Gasteiger partial charge in [-0.2, -0.15) is 0 Å². The standard InChI is InChI=1S/C14H18FN3O/c1-2-5-17-6-8-18(9-7-17)14-12-4-3-11(15)10-13(12)19-16-14/h3-4,10H,2,5-9H2,1H3. The Bertz CT molecular complexity index is 561. The van der Waals surface area contributed by atoms with Crippen LogP contribution in [0.4, 0.5) is 10.2 Å². The van der Waals surface area contributed by atoms with E-state index >= 15 is 0 Å². The summed E-state index contributed by atoms with van der Waals surface area (Å²) in [5, 5.41) is 4.99. The summed E-state index contributed by atoms with van der Waals surface area (Å²) >= 11 is 0. The molecule has 0 bridgehead atoms. The molecule has 2 heterocycles. The van der Waals surface area contributed by atoms with Crippen LogP contribution in [-0.2, 0) is 0 Å². The monoisotopic (exact) mass is 263 g/mol. The molecule has 0 unspecified atom stereocenters. The van der Waals surface area contributed by atoms with E-state index in [1.54, 1.807) is 6.07 Å². The van der Waals surface area contributed by atoms with Crippen molar-refractivity contribution in [3.8, 4) is 0 Å². The van der Waals surface area contributed by atoms with Crippen molar-refractivity contribution in [1.29, 1.82) is 0 Å². The smallest absolute Gasteiger partial charge is 0.180 e. The van der Waals surface area contributed by atoms with Crippen molar-refractivity contribution in [2.75, 3.05) is 37.6 Å². The van der Waals surface area contributed by atoms with Gasteiger partial charge in [0.15, 0.2) is 11.4 Å². The van der Waals surface area contributed by atoms with Gasteiger partial charge in [0.25, 0.3) is 0 Å². The van der Waals surface area contributed by atoms with E-state index in [4.69, 9.17) is 4.52 Å². The number of fused-ring (bicyclic) bond motifs is 1. The normalized spacial score (nSPS) is 17.3. The molecule has 1 aromatic heterocycles. The molecule has 1 fully saturated rings. The van der Waals surface area contributed by atoms with Gasteiger partial charge >= 0.3 is 0 Å². The number of hydrogen-bond acceptors (Lipinski definition) is 4. The SMILES string of the molecule is CCCN1CCN(c2noc3cc(F)ccc23)CC1. The minimum Gasteiger partial charge on any atom is -0.354 e. The second-order valence-corrected chi connectivity index (χ2v) is 4.98. The van der Waals surface area contributed by atoms with Crippen LogP contribution in [-0.4, -0.2) is 42.8 Å². The summed E-state index contributed by atoms with van der Waals surface area (Å²) in [4.78, 5) is 4.67. The van der Waals surface area contributed by atoms with Gasteiger partial charge in [-0.1, -0.05) is 12.1 Å². The van der Waals surface area contributed by atoms with Gasteiger partial charge in [0, 0.05) is 32.2 Å². The Morgan fingerprint density at radius 3 is 2.79 bits per heavy atom. The summed E-state index contributed by atoms with van der Waals surface area (Å²) < 4.78 is 18.3. The number of rotatable bonds is 3. The molecule has 0 saturated carbocycles. The highest BCUT2D eigenvalue weighted by Crippen LogP contribution is 2.27. The molecule has 0 amide bonds. The first-order chi connectivity index (χ1) is 9.28. The highest BCUT2D eigenvalue weighted by atomic mass is 19.1. The third-order valence-corrected chi connectivity index (χ3v) is 3.63. The molecule has 0 spiro atoms. The highest BCUT2D eigenvalue weighted by molar-refractivity contribution is 5.88. The van der Waals surface area contributed by atoms with E-state index in [0.29, 0.717) is 5.58 Å². The van der Waals surface area contributed by atoms with E-state index in [1.807, 2.05) is 0 Å². The van der Waals surface area contributed by atoms with E-state index in [2.05, 4.69) is 21.9 Å². The molecule has 3 rings (SSSR count). The Balaban J connectivity index is 1.78. The summed E-state index contributed by atoms with van der Waals surface area (Å²) in [5.74, 6) is 0.550. The highest BCUT2D eigenvalue weighted by Gasteiger charge is 2.21. The molecule has 1 aliphatic rings. The summed E-state index contributed by atoms with van der Waals surface area (Å²) in [6.07, 6.45) is 1.19. The zero-order chi connectivity index (χ0) is 13.2. The molecule has 1 aliphatic heterocycles. The van der Waals surface area contributed by atoms with Crippen LogP contribution in [0.5, 0.6) is 0 Å². The molecule has 5 heteroatoms. The Kier molecular flexibility index (Phi) is 3.38. The van der Waals surface area contributed by atoms with Gasteiger partial charge < -0.3 is 9.42 Å². The third kappa shape index (κ3) is 2.42. The van der Waals surface area contributed by atoms with Crippen molar-refractivity contribution in [3.63, 3.8) is 0 Å². The fourth-order valence-corrected chi connectivity index (χ4v) is 2.63. The molecule has 4 nitrogen and oxygen atoms in total. The van der Waals surface area contributed by atoms with Crippen molar-refractivity contribution in [3.05, 3.63) is 24.0 Å². The van der Waals surface area contributed by atoms with Crippen LogP contribution in [0.2, 0.25) is 0 Å². The number of hydrogen-bond donors (Lipinski definition) is 0. The van der Waals surface area contributed by atoms with Crippen LogP contribution in [0.1, 0.15) is 13.3 Å². The lowest BCUT2D eigenvalue weighted by Gasteiger charge is -2.34. The Labute approximate surface area is 111 Å². The van der Waals surface area contributed by atoms with Gasteiger partial charge in [0.05, 0.1) is 5.39 Å². The second-order valence-electron chi connectivity index (χ2n) is 4.98. The minimum atomic E-state index is -0.289. The van der Waals surface area contributed by atoms with E-state index in [9.17, 15) is 4.39 Å². The predicted octanol–water partition coefficient (Wildman–Crippen LogP) is 2.50. The molecule has 0 aliphatic carbocycles. The molecule has 0 N–H and O–H groups in total. The summed E-state index contributed by atoms with van der Waals surface area (Å²) in [5.41, 5.74) is 0.519. The maximum absolute atomic E-state index is 13.1. The zero-order valence-electron chi connectivity index (χ0n) is 11.1. The lowest BCUT2D eigenvalue weighted by molar-refractivity contribution is 0.257. The Morgan fingerprint density at radius 2 is 2.05 bits per heavy atom. The van der Waals surface area contributed by atoms with Gasteiger partial charge in [-0.15, -0.1) is 0 Å². The number of piperazine rings is 1. The Morgan fingerprint density at radius 1 is 1.26 bits per heavy atom. The average Bonchev–Trinajstić information content (AvgIpc) is 2.83. The van der Waals surface area contributed by atoms with E-state index in [1.165, 1.54) is 18.6 Å². The lowest BCUT2D eigenvalue weighted by atomic mass is 10.2. The fraction of sp³-hybridized carbons (Fsp3) is 0.500. The topological polar surface area (TPSA) is 32.5 Å². The zero-order valence-corrected chi connectivity index (χ0v) is 11.1. The van der Waals surface area contributed by atoms with Gasteiger partial charge in [-0.3, -0.25) is 4.90 Å². The average molecular weight is 263 g/mol. The lowest BCUT2D eigenvalue weighted by Crippen LogP contribution is -2.46. The minimum absolute atomic E-state index is 0.289. The van der Waals surface area contributed by atoms with Gasteiger partial charge in [0.2, 0.25) is 0 Å². The van der Waals surface area contributed by atoms with Gasteiger partial charge in [-0.25, -0.2) is 4.39 Å². The van der Waals surface area contributed by atoms with E-state index < -0.39 is 0 Å². The molecular formula is C14H18FN3O. The molecule has 1 saturated heterocycles. The first kappa shape index (κ1) is 12.4. The number of benzene rings is 1. The number of halogens is 1. The van der Waals surface area contributed by atoms with Crippen LogP contribution >= 0.6 is 0 Å². The van der Waals surface area contributed by atoms with Crippen molar-refractivity contribution in [1.82, 2.24) is 10.1 Å². The van der Waals surface area contributed by atoms with Crippen molar-refractivity contribution >= 4 is 16.8 Å². The van der Waals surface area contributed by atoms with Crippen LogP contribution in [0.3, 0.4) is 0 Å². The summed E-state index contributed by atoms with van der Waals surface area (Å²) in [6, 6.07) is 4.59. The van der Waals surface area contributed by atoms with E-state index in [0.717, 1.165) is 43.9 Å². The van der Waals surface area contributed by atoms with Crippen LogP contribution in [0.15, 0.2) is 22.7 Å². The fourth-order valence-electron chi connectivity index (χ4n) is 2.63. The molecule has 0 radical (unpaired) electrons. The first-order valence-electron chi connectivity index (χ1n) is 6.80. The van der Waals surface area contributed by atoms with Crippen molar-refractivity contribution < 1.29 is 8.91 Å². The summed E-state index contributed by atoms with van der Waals surface area (Å²) in [7, 11) is 0. The van der Waals surface area contributed by atoms with E-state index in [-0.39, 0.29) is 5.82 Å². The molecule has 102 valence electrons. The number of nitrogens with zero attached hydrogens (tertiary/aromatic N) is 3. The second kappa shape index (κ2) is 5.17. The van der Waals surface area contributed by atoms with Gasteiger partial charge in [-0.05, 0) is 25.1 Å². The maximum atomic E-state index is 13.1. The molecule has 19 heavy (non-hydrogen) atoms. The first-order valence-corrected chi connectivity index (χ1v) is 6.80. The van der Waals surface area contributed by atoms with Crippen LogP contribution in [0, 0.1) is 5.82 Å². The quantitative estimate of drug-likeness (QED) is 0.851. The maximum Gasteiger partial charge on any atom is 0.180 e. The van der Waals surface area contributed by atoms with Gasteiger partial charge in [0.1, 0.15) is 5.82 Å². The number of aromatic nitrogens is 1. The van der Waals surface area contributed by atoms with Crippen LogP contribution < -0.4 is 4.90 Å². The molecule has 0 atom stereocenters. The third-order valence-electron chi connectivity index (χ3n) is 3.63. The molecular weight excluding hydrogens is 245 g/mol. The Hall–Kier alpha value is -1.62. The largest absolute Gasteiger partial charge is 0.354 e. The molecule has 1 aromatic carbocycles. The van der Waals surface area contributed by atoms with Crippen molar-refractivity contribution in [2.45, 2.75) is 13.3 Å². The summed E-state index contributed by atoms with van der Waals surface area (Å²) in [6.45, 7) is 7.33. The predicted molar refractivity (Wildman–Crippen MR) is 72.9 cm³/mol. The molecule has 2 aromatic rings. The number of anilines is 1.